The fourth-order valence-electron chi connectivity index (χ4n) is 4.17. The monoisotopic (exact) mass is 434 g/mol. The van der Waals surface area contributed by atoms with Gasteiger partial charge in [0.15, 0.2) is 5.82 Å². The average molecular weight is 435 g/mol. The summed E-state index contributed by atoms with van der Waals surface area (Å²) in [6.07, 6.45) is 1.18. The maximum atomic E-state index is 12.9. The summed E-state index contributed by atoms with van der Waals surface area (Å²) in [5, 5.41) is 9.69. The molecule has 31 heavy (non-hydrogen) atoms. The first-order valence-corrected chi connectivity index (χ1v) is 10.8. The summed E-state index contributed by atoms with van der Waals surface area (Å²) in [5.74, 6) is 0.967. The summed E-state index contributed by atoms with van der Waals surface area (Å²) >= 11 is 0. The van der Waals surface area contributed by atoms with Crippen LogP contribution in [0.25, 0.3) is 11.2 Å². The zero-order valence-electron chi connectivity index (χ0n) is 19.5. The van der Waals surface area contributed by atoms with Gasteiger partial charge in [-0.1, -0.05) is 13.8 Å². The lowest BCUT2D eigenvalue weighted by atomic mass is 10.0. The molecule has 2 atom stereocenters. The molecule has 10 heteroatoms. The van der Waals surface area contributed by atoms with Crippen LogP contribution in [0, 0.1) is 0 Å². The van der Waals surface area contributed by atoms with Crippen LogP contribution in [0.4, 0.5) is 10.6 Å². The van der Waals surface area contributed by atoms with Crippen molar-refractivity contribution < 1.29 is 14.6 Å². The predicted octanol–water partition coefficient (Wildman–Crippen LogP) is 1.77. The van der Waals surface area contributed by atoms with E-state index in [1.165, 1.54) is 4.57 Å². The number of aryl methyl sites for hydroxylation is 2. The van der Waals surface area contributed by atoms with Gasteiger partial charge in [-0.15, -0.1) is 0 Å². The molecule has 0 bridgehead atoms. The molecule has 172 valence electrons. The summed E-state index contributed by atoms with van der Waals surface area (Å²) in [6, 6.07) is -0.128. The Bertz CT molecular complexity index is 1020. The molecule has 3 rings (SSSR count). The van der Waals surface area contributed by atoms with E-state index in [-0.39, 0.29) is 30.5 Å². The summed E-state index contributed by atoms with van der Waals surface area (Å²) in [6.45, 7) is 10.4. The van der Waals surface area contributed by atoms with Gasteiger partial charge in [-0.05, 0) is 33.6 Å². The molecule has 0 aromatic carbocycles. The number of nitrogens with zero attached hydrogens (tertiary/aromatic N) is 6. The van der Waals surface area contributed by atoms with Crippen LogP contribution in [0.5, 0.6) is 0 Å². The van der Waals surface area contributed by atoms with Gasteiger partial charge < -0.3 is 24.2 Å². The Balaban J connectivity index is 2.06. The Kier molecular flexibility index (Phi) is 6.31. The maximum Gasteiger partial charge on any atom is 0.410 e. The van der Waals surface area contributed by atoms with Crippen LogP contribution < -0.4 is 10.6 Å². The van der Waals surface area contributed by atoms with Crippen LogP contribution in [0.2, 0.25) is 0 Å². The van der Waals surface area contributed by atoms with Crippen molar-refractivity contribution in [2.24, 2.45) is 14.1 Å². The third kappa shape index (κ3) is 4.26. The Morgan fingerprint density at radius 2 is 1.74 bits per heavy atom. The molecule has 0 radical (unpaired) electrons. The number of carbonyl (C=O) groups is 1. The van der Waals surface area contributed by atoms with Gasteiger partial charge in [-0.3, -0.25) is 4.57 Å². The first kappa shape index (κ1) is 23.1. The number of imidazole rings is 1. The summed E-state index contributed by atoms with van der Waals surface area (Å²) < 4.78 is 8.80. The lowest BCUT2D eigenvalue weighted by molar-refractivity contribution is 0.00983. The van der Waals surface area contributed by atoms with Crippen LogP contribution in [0.15, 0.2) is 4.79 Å². The second kappa shape index (κ2) is 8.49. The van der Waals surface area contributed by atoms with Gasteiger partial charge in [-0.25, -0.2) is 14.6 Å². The molecule has 0 spiro atoms. The third-order valence-electron chi connectivity index (χ3n) is 5.86. The first-order chi connectivity index (χ1) is 14.5. The van der Waals surface area contributed by atoms with Gasteiger partial charge >= 0.3 is 11.8 Å². The van der Waals surface area contributed by atoms with E-state index in [0.717, 1.165) is 12.8 Å². The van der Waals surface area contributed by atoms with Gasteiger partial charge in [0.1, 0.15) is 29.2 Å². The molecule has 2 aromatic heterocycles. The number of aliphatic hydroxyl groups excluding tert-OH is 1. The number of rotatable bonds is 4. The number of aromatic nitrogens is 4. The molecule has 1 amide bonds. The van der Waals surface area contributed by atoms with Crippen molar-refractivity contribution in [3.63, 3.8) is 0 Å². The van der Waals surface area contributed by atoms with Crippen molar-refractivity contribution in [2.45, 2.75) is 71.8 Å². The number of ether oxygens (including phenoxy) is 1. The van der Waals surface area contributed by atoms with Crippen LogP contribution in [0.3, 0.4) is 0 Å². The molecule has 3 heterocycles. The Hall–Kier alpha value is -2.62. The van der Waals surface area contributed by atoms with E-state index < -0.39 is 5.60 Å². The molecule has 10 nitrogen and oxygen atoms in total. The van der Waals surface area contributed by atoms with Crippen molar-refractivity contribution in [1.82, 2.24) is 24.0 Å². The molecule has 1 fully saturated rings. The fraction of sp³-hybridized carbons (Fsp3) is 0.714. The molecule has 1 aliphatic rings. The first-order valence-electron chi connectivity index (χ1n) is 10.8. The Labute approximate surface area is 182 Å². The van der Waals surface area contributed by atoms with Gasteiger partial charge in [0.25, 0.3) is 0 Å². The standard InChI is InChI=1S/C21H34N6O4/c1-8-13-11-27(20(30)31-21(3,4)5)14(9-2)10-26(13)17-16-18(25(7)19(29)23-17)24(6)15(12-28)22-16/h13-14,28H,8-12H2,1-7H3/t13-,14+/m0/s1. The molecule has 0 saturated carbocycles. The van der Waals surface area contributed by atoms with Crippen molar-refractivity contribution in [3.8, 4) is 0 Å². The van der Waals surface area contributed by atoms with Gasteiger partial charge in [-0.2, -0.15) is 4.98 Å². The number of fused-ring (bicyclic) bond motifs is 1. The van der Waals surface area contributed by atoms with E-state index in [4.69, 9.17) is 4.74 Å². The highest BCUT2D eigenvalue weighted by atomic mass is 16.6. The van der Waals surface area contributed by atoms with E-state index in [0.29, 0.717) is 35.9 Å². The van der Waals surface area contributed by atoms with E-state index in [2.05, 4.69) is 14.9 Å². The van der Waals surface area contributed by atoms with Crippen LogP contribution in [-0.2, 0) is 25.4 Å². The van der Waals surface area contributed by atoms with E-state index in [9.17, 15) is 14.7 Å². The minimum Gasteiger partial charge on any atom is -0.444 e. The molecule has 1 N–H and O–H groups in total. The molecular formula is C21H34N6O4. The van der Waals surface area contributed by atoms with Gasteiger partial charge in [0, 0.05) is 33.2 Å². The summed E-state index contributed by atoms with van der Waals surface area (Å²) in [5.41, 5.74) is 0.235. The second-order valence-corrected chi connectivity index (χ2v) is 9.10. The van der Waals surface area contributed by atoms with E-state index >= 15 is 0 Å². The third-order valence-corrected chi connectivity index (χ3v) is 5.86. The highest BCUT2D eigenvalue weighted by Gasteiger charge is 2.38. The quantitative estimate of drug-likeness (QED) is 0.782. The number of hydrogen-bond acceptors (Lipinski definition) is 7. The summed E-state index contributed by atoms with van der Waals surface area (Å²) in [4.78, 5) is 38.3. The second-order valence-electron chi connectivity index (χ2n) is 9.10. The van der Waals surface area contributed by atoms with Crippen molar-refractivity contribution >= 4 is 23.1 Å². The highest BCUT2D eigenvalue weighted by molar-refractivity contribution is 5.85. The van der Waals surface area contributed by atoms with E-state index in [1.54, 1.807) is 23.6 Å². The smallest absolute Gasteiger partial charge is 0.410 e. The largest absolute Gasteiger partial charge is 0.444 e. The molecule has 1 aliphatic heterocycles. The maximum absolute atomic E-state index is 12.9. The Morgan fingerprint density at radius 1 is 1.10 bits per heavy atom. The lowest BCUT2D eigenvalue weighted by Crippen LogP contribution is -2.60. The zero-order chi connectivity index (χ0) is 23.1. The number of hydrogen-bond donors (Lipinski definition) is 1. The lowest BCUT2D eigenvalue weighted by Gasteiger charge is -2.46. The minimum absolute atomic E-state index is 0.0438. The van der Waals surface area contributed by atoms with Crippen molar-refractivity contribution in [3.05, 3.63) is 16.3 Å². The Morgan fingerprint density at radius 3 is 2.29 bits per heavy atom. The molecule has 0 unspecified atom stereocenters. The van der Waals surface area contributed by atoms with Gasteiger partial charge in [0.2, 0.25) is 0 Å². The van der Waals surface area contributed by atoms with Crippen LogP contribution in [0.1, 0.15) is 53.3 Å². The van der Waals surface area contributed by atoms with Crippen LogP contribution >= 0.6 is 0 Å². The number of piperazine rings is 1. The molecular weight excluding hydrogens is 400 g/mol. The SMILES string of the molecule is CC[C@@H]1CN(c2nc(=O)n(C)c3c2nc(CO)n3C)[C@@H](CC)CN1C(=O)OC(C)(C)C. The average Bonchev–Trinajstić information content (AvgIpc) is 3.05. The van der Waals surface area contributed by atoms with Crippen molar-refractivity contribution in [2.75, 3.05) is 18.0 Å². The van der Waals surface area contributed by atoms with Gasteiger partial charge in [0.05, 0.1) is 6.04 Å². The minimum atomic E-state index is -0.567. The topological polar surface area (TPSA) is 106 Å². The number of anilines is 1. The predicted molar refractivity (Wildman–Crippen MR) is 118 cm³/mol. The number of amides is 1. The fourth-order valence-corrected chi connectivity index (χ4v) is 4.17. The van der Waals surface area contributed by atoms with Crippen LogP contribution in [-0.4, -0.2) is 66.0 Å². The van der Waals surface area contributed by atoms with E-state index in [1.807, 2.05) is 34.6 Å². The number of aliphatic hydroxyl groups is 1. The number of carbonyl (C=O) groups excluding carboxylic acids is 1. The molecule has 2 aromatic rings. The highest BCUT2D eigenvalue weighted by Crippen LogP contribution is 2.30. The van der Waals surface area contributed by atoms with Crippen molar-refractivity contribution in [1.29, 1.82) is 0 Å². The molecule has 1 saturated heterocycles. The summed E-state index contributed by atoms with van der Waals surface area (Å²) in [7, 11) is 3.42. The normalized spacial score (nSPS) is 19.9. The molecule has 0 aliphatic carbocycles. The zero-order valence-corrected chi connectivity index (χ0v) is 19.5.